The molecule has 3 unspecified atom stereocenters. The fraction of sp³-hybridized carbons (Fsp3) is 0.571. The smallest absolute Gasteiger partial charge is 0.166 e. The van der Waals surface area contributed by atoms with E-state index < -0.39 is 0 Å². The molecule has 0 radical (unpaired) electrons. The summed E-state index contributed by atoms with van der Waals surface area (Å²) in [5.41, 5.74) is 1.91. The third-order valence-corrected chi connectivity index (χ3v) is 4.85. The summed E-state index contributed by atoms with van der Waals surface area (Å²) in [6.45, 7) is 16.4. The van der Waals surface area contributed by atoms with Gasteiger partial charge in [-0.2, -0.15) is 0 Å². The van der Waals surface area contributed by atoms with Gasteiger partial charge in [-0.3, -0.25) is 4.79 Å². The maximum absolute atomic E-state index is 13.0. The topological polar surface area (TPSA) is 37.3 Å². The fourth-order valence-corrected chi connectivity index (χ4v) is 3.11. The van der Waals surface area contributed by atoms with Gasteiger partial charge < -0.3 is 5.11 Å². The van der Waals surface area contributed by atoms with E-state index in [0.29, 0.717) is 11.3 Å². The lowest BCUT2D eigenvalue weighted by Crippen LogP contribution is -2.22. The van der Waals surface area contributed by atoms with Gasteiger partial charge in [-0.05, 0) is 28.9 Å². The van der Waals surface area contributed by atoms with Crippen molar-refractivity contribution in [3.05, 3.63) is 40.7 Å². The lowest BCUT2D eigenvalue weighted by Gasteiger charge is -2.28. The molecule has 1 N–H and O–H groups in total. The number of Topliss-reactive ketones (excluding diaryl/α,β-unsaturated/α-hetero) is 1. The highest BCUT2D eigenvalue weighted by atomic mass is 31.0. The second-order valence-corrected chi connectivity index (χ2v) is 9.20. The van der Waals surface area contributed by atoms with E-state index in [4.69, 9.17) is 0 Å². The molecule has 0 bridgehead atoms. The molecule has 3 heteroatoms. The minimum Gasteiger partial charge on any atom is -0.507 e. The lowest BCUT2D eigenvalue weighted by molar-refractivity contribution is 0.0907. The number of ketones is 1. The molecular formula is C21H33O2P. The van der Waals surface area contributed by atoms with Crippen LogP contribution in [0.3, 0.4) is 0 Å². The van der Waals surface area contributed by atoms with Crippen LogP contribution in [0.4, 0.5) is 0 Å². The summed E-state index contributed by atoms with van der Waals surface area (Å²) in [7, 11) is 2.56. The van der Waals surface area contributed by atoms with Gasteiger partial charge in [0.15, 0.2) is 5.78 Å². The molecule has 1 rings (SSSR count). The van der Waals surface area contributed by atoms with Crippen molar-refractivity contribution in [2.24, 2.45) is 11.8 Å². The molecule has 134 valence electrons. The van der Waals surface area contributed by atoms with Crippen LogP contribution in [0.25, 0.3) is 0 Å². The van der Waals surface area contributed by atoms with Crippen LogP contribution >= 0.6 is 9.24 Å². The Hall–Kier alpha value is -1.14. The van der Waals surface area contributed by atoms with E-state index in [2.05, 4.69) is 57.7 Å². The Morgan fingerprint density at radius 1 is 1.04 bits per heavy atom. The van der Waals surface area contributed by atoms with Crippen LogP contribution < -0.4 is 0 Å². The number of rotatable bonds is 4. The Morgan fingerprint density at radius 3 is 1.79 bits per heavy atom. The van der Waals surface area contributed by atoms with Gasteiger partial charge in [0.25, 0.3) is 0 Å². The summed E-state index contributed by atoms with van der Waals surface area (Å²) < 4.78 is 0. The Morgan fingerprint density at radius 2 is 1.46 bits per heavy atom. The Labute approximate surface area is 150 Å². The standard InChI is InChI=1S/C21H33O2P/c1-13(9-10-24)14(2)18(22)15-11-16(20(3,4)5)19(23)17(12-15)21(6,7)8/h9-14,23H,24H2,1-8H3/b10-9+. The Bertz CT molecular complexity index is 595. The summed E-state index contributed by atoms with van der Waals surface area (Å²) in [5.74, 6) is 2.41. The van der Waals surface area contributed by atoms with Gasteiger partial charge in [0.05, 0.1) is 0 Å². The summed E-state index contributed by atoms with van der Waals surface area (Å²) in [6.07, 6.45) is 2.03. The van der Waals surface area contributed by atoms with Gasteiger partial charge in [0.1, 0.15) is 5.75 Å². The van der Waals surface area contributed by atoms with E-state index in [1.54, 1.807) is 0 Å². The first-order valence-electron chi connectivity index (χ1n) is 8.61. The molecule has 0 saturated heterocycles. The van der Waals surface area contributed by atoms with Crippen LogP contribution in [0, 0.1) is 11.8 Å². The molecule has 0 fully saturated rings. The zero-order chi connectivity index (χ0) is 18.9. The number of benzene rings is 1. The van der Waals surface area contributed by atoms with Crippen molar-refractivity contribution in [1.82, 2.24) is 0 Å². The molecule has 0 spiro atoms. The van der Waals surface area contributed by atoms with E-state index in [1.165, 1.54) is 0 Å². The quantitative estimate of drug-likeness (QED) is 0.549. The van der Waals surface area contributed by atoms with Crippen LogP contribution in [-0.2, 0) is 10.8 Å². The highest BCUT2D eigenvalue weighted by molar-refractivity contribution is 7.20. The summed E-state index contributed by atoms with van der Waals surface area (Å²) in [5, 5.41) is 10.8. The van der Waals surface area contributed by atoms with E-state index in [-0.39, 0.29) is 28.4 Å². The number of hydrogen-bond acceptors (Lipinski definition) is 2. The molecular weight excluding hydrogens is 315 g/mol. The average molecular weight is 348 g/mol. The van der Waals surface area contributed by atoms with Crippen molar-refractivity contribution in [3.63, 3.8) is 0 Å². The second-order valence-electron chi connectivity index (χ2n) is 8.82. The van der Waals surface area contributed by atoms with Gasteiger partial charge in [0.2, 0.25) is 0 Å². The fourth-order valence-electron chi connectivity index (χ4n) is 2.76. The summed E-state index contributed by atoms with van der Waals surface area (Å²) in [4.78, 5) is 13.0. The number of phenolic OH excluding ortho intramolecular Hbond substituents is 1. The maximum Gasteiger partial charge on any atom is 0.166 e. The molecule has 0 aromatic heterocycles. The minimum absolute atomic E-state index is 0.105. The molecule has 0 aliphatic carbocycles. The lowest BCUT2D eigenvalue weighted by atomic mass is 9.77. The van der Waals surface area contributed by atoms with Gasteiger partial charge >= 0.3 is 0 Å². The first-order valence-corrected chi connectivity index (χ1v) is 9.28. The highest BCUT2D eigenvalue weighted by Crippen LogP contribution is 2.40. The monoisotopic (exact) mass is 348 g/mol. The van der Waals surface area contributed by atoms with Crippen molar-refractivity contribution in [3.8, 4) is 5.75 Å². The number of carbonyl (C=O) groups excluding carboxylic acids is 1. The van der Waals surface area contributed by atoms with Gasteiger partial charge in [-0.25, -0.2) is 0 Å². The number of allylic oxidation sites excluding steroid dienone is 1. The largest absolute Gasteiger partial charge is 0.507 e. The van der Waals surface area contributed by atoms with Crippen LogP contribution in [0.2, 0.25) is 0 Å². The molecule has 0 amide bonds. The third kappa shape index (κ3) is 4.70. The van der Waals surface area contributed by atoms with Crippen molar-refractivity contribution < 1.29 is 9.90 Å². The van der Waals surface area contributed by atoms with Gasteiger partial charge in [-0.1, -0.05) is 67.3 Å². The van der Waals surface area contributed by atoms with Crippen molar-refractivity contribution in [2.45, 2.75) is 66.2 Å². The predicted octanol–water partition coefficient (Wildman–Crippen LogP) is 5.83. The normalized spacial score (nSPS) is 15.5. The third-order valence-electron chi connectivity index (χ3n) is 4.63. The van der Waals surface area contributed by atoms with Crippen molar-refractivity contribution in [1.29, 1.82) is 0 Å². The number of aromatic hydroxyl groups is 1. The first kappa shape index (κ1) is 20.9. The van der Waals surface area contributed by atoms with Gasteiger partial charge in [0, 0.05) is 22.6 Å². The molecule has 3 atom stereocenters. The maximum atomic E-state index is 13.0. The zero-order valence-corrected chi connectivity index (χ0v) is 17.6. The SMILES string of the molecule is CC(/C=C/P)C(C)C(=O)c1cc(C(C)(C)C)c(O)c(C(C)(C)C)c1. The molecule has 2 nitrogen and oxygen atoms in total. The number of hydrogen-bond donors (Lipinski definition) is 1. The molecule has 0 aliphatic heterocycles. The van der Waals surface area contributed by atoms with Crippen LogP contribution in [-0.4, -0.2) is 10.9 Å². The van der Waals surface area contributed by atoms with Crippen LogP contribution in [0.1, 0.15) is 76.9 Å². The highest BCUT2D eigenvalue weighted by Gasteiger charge is 2.29. The molecule has 0 saturated carbocycles. The second kappa shape index (κ2) is 7.40. The van der Waals surface area contributed by atoms with Crippen LogP contribution in [0.5, 0.6) is 5.75 Å². The van der Waals surface area contributed by atoms with Crippen LogP contribution in [0.15, 0.2) is 24.0 Å². The van der Waals surface area contributed by atoms with E-state index >= 15 is 0 Å². The zero-order valence-electron chi connectivity index (χ0n) is 16.4. The Balaban J connectivity index is 3.52. The average Bonchev–Trinajstić information content (AvgIpc) is 2.43. The first-order chi connectivity index (χ1) is 10.8. The summed E-state index contributed by atoms with van der Waals surface area (Å²) >= 11 is 0. The molecule has 0 heterocycles. The number of carbonyl (C=O) groups is 1. The molecule has 1 aromatic rings. The molecule has 24 heavy (non-hydrogen) atoms. The van der Waals surface area contributed by atoms with Crippen molar-refractivity contribution in [2.75, 3.05) is 0 Å². The Kier molecular flexibility index (Phi) is 6.44. The predicted molar refractivity (Wildman–Crippen MR) is 107 cm³/mol. The minimum atomic E-state index is -0.227. The van der Waals surface area contributed by atoms with E-state index in [1.807, 2.05) is 30.9 Å². The number of phenols is 1. The van der Waals surface area contributed by atoms with Gasteiger partial charge in [-0.15, -0.1) is 9.24 Å². The molecule has 0 aliphatic rings. The van der Waals surface area contributed by atoms with E-state index in [9.17, 15) is 9.90 Å². The molecule has 1 aromatic carbocycles. The van der Waals surface area contributed by atoms with E-state index in [0.717, 1.165) is 11.1 Å². The summed E-state index contributed by atoms with van der Waals surface area (Å²) in [6, 6.07) is 3.75. The van der Waals surface area contributed by atoms with Crippen molar-refractivity contribution >= 4 is 15.0 Å².